The van der Waals surface area contributed by atoms with E-state index in [9.17, 15) is 9.59 Å². The first kappa shape index (κ1) is 9.24. The zero-order valence-electron chi connectivity index (χ0n) is 8.42. The molecule has 76 valence electrons. The Balaban J connectivity index is 2.45. The molecule has 0 radical (unpaired) electrons. The molecule has 2 rings (SSSR count). The number of rotatable bonds is 0. The van der Waals surface area contributed by atoms with Crippen molar-refractivity contribution in [3.05, 3.63) is 11.3 Å². The molecule has 0 saturated carbocycles. The molecule has 0 spiro atoms. The van der Waals surface area contributed by atoms with Crippen molar-refractivity contribution in [1.29, 1.82) is 0 Å². The van der Waals surface area contributed by atoms with Gasteiger partial charge < -0.3 is 9.47 Å². The first-order valence-corrected chi connectivity index (χ1v) is 4.58. The van der Waals surface area contributed by atoms with Gasteiger partial charge in [-0.2, -0.15) is 0 Å². The molecule has 0 N–H and O–H groups in total. The van der Waals surface area contributed by atoms with Gasteiger partial charge in [0.25, 0.3) is 0 Å². The summed E-state index contributed by atoms with van der Waals surface area (Å²) in [4.78, 5) is 23.0. The second-order valence-corrected chi connectivity index (χ2v) is 4.25. The third kappa shape index (κ3) is 1.22. The van der Waals surface area contributed by atoms with Crippen LogP contribution in [0.15, 0.2) is 11.3 Å². The zero-order chi connectivity index (χ0) is 10.5. The lowest BCUT2D eigenvalue weighted by molar-refractivity contribution is -0.145. The van der Waals surface area contributed by atoms with Crippen LogP contribution < -0.4 is 0 Å². The third-order valence-corrected chi connectivity index (χ3v) is 2.39. The maximum atomic E-state index is 11.7. The Labute approximate surface area is 81.9 Å². The fourth-order valence-corrected chi connectivity index (χ4v) is 1.81. The Kier molecular flexibility index (Phi) is 1.71. The Morgan fingerprint density at radius 2 is 2.00 bits per heavy atom. The lowest BCUT2D eigenvalue weighted by Crippen LogP contribution is -2.35. The minimum atomic E-state index is -0.598. The van der Waals surface area contributed by atoms with Crippen molar-refractivity contribution in [3.8, 4) is 0 Å². The van der Waals surface area contributed by atoms with E-state index in [4.69, 9.17) is 9.47 Å². The van der Waals surface area contributed by atoms with Crippen LogP contribution >= 0.6 is 0 Å². The number of hydrogen-bond donors (Lipinski definition) is 0. The van der Waals surface area contributed by atoms with Crippen LogP contribution in [-0.4, -0.2) is 23.5 Å². The number of cyclic esters (lactones) is 1. The maximum absolute atomic E-state index is 11.7. The van der Waals surface area contributed by atoms with Crippen molar-refractivity contribution in [2.24, 2.45) is 0 Å². The number of carbonyl (C=O) groups excluding carboxylic acids is 2. The molecule has 1 unspecified atom stereocenters. The van der Waals surface area contributed by atoms with Gasteiger partial charge in [-0.3, -0.25) is 4.79 Å². The molecule has 4 nitrogen and oxygen atoms in total. The van der Waals surface area contributed by atoms with Crippen molar-refractivity contribution in [3.63, 3.8) is 0 Å². The van der Waals surface area contributed by atoms with E-state index >= 15 is 0 Å². The van der Waals surface area contributed by atoms with Crippen LogP contribution in [0.2, 0.25) is 0 Å². The van der Waals surface area contributed by atoms with Crippen molar-refractivity contribution in [2.45, 2.75) is 38.9 Å². The summed E-state index contributed by atoms with van der Waals surface area (Å²) >= 11 is 0. The predicted octanol–water partition coefficient (Wildman–Crippen LogP) is 0.954. The van der Waals surface area contributed by atoms with Gasteiger partial charge in [0.2, 0.25) is 5.76 Å². The summed E-state index contributed by atoms with van der Waals surface area (Å²) < 4.78 is 10.3. The Bertz CT molecular complexity index is 351. The van der Waals surface area contributed by atoms with Gasteiger partial charge in [-0.25, -0.2) is 4.79 Å². The highest BCUT2D eigenvalue weighted by molar-refractivity contribution is 6.07. The van der Waals surface area contributed by atoms with Gasteiger partial charge >= 0.3 is 5.97 Å². The number of carbonyl (C=O) groups is 2. The van der Waals surface area contributed by atoms with E-state index < -0.39 is 17.7 Å². The SMILES string of the molecule is CC1OC(=O)C2=C1C(=O)CC(C)(C)O2. The lowest BCUT2D eigenvalue weighted by Gasteiger charge is -2.29. The van der Waals surface area contributed by atoms with E-state index in [0.29, 0.717) is 12.0 Å². The topological polar surface area (TPSA) is 52.6 Å². The molecule has 0 aromatic carbocycles. The number of Topliss-reactive ketones (excluding diaryl/α,β-unsaturated/α-hetero) is 1. The first-order valence-electron chi connectivity index (χ1n) is 4.58. The van der Waals surface area contributed by atoms with Gasteiger partial charge in [0.05, 0.1) is 12.0 Å². The van der Waals surface area contributed by atoms with Crippen LogP contribution in [0.5, 0.6) is 0 Å². The fourth-order valence-electron chi connectivity index (χ4n) is 1.81. The number of ketones is 1. The quantitative estimate of drug-likeness (QED) is 0.541. The Morgan fingerprint density at radius 1 is 1.36 bits per heavy atom. The van der Waals surface area contributed by atoms with E-state index in [1.807, 2.05) is 0 Å². The van der Waals surface area contributed by atoms with Crippen molar-refractivity contribution >= 4 is 11.8 Å². The number of hydrogen-bond acceptors (Lipinski definition) is 4. The lowest BCUT2D eigenvalue weighted by atomic mass is 9.92. The highest BCUT2D eigenvalue weighted by Crippen LogP contribution is 2.35. The zero-order valence-corrected chi connectivity index (χ0v) is 8.42. The highest BCUT2D eigenvalue weighted by atomic mass is 16.6. The van der Waals surface area contributed by atoms with Crippen LogP contribution in [0.4, 0.5) is 0 Å². The maximum Gasteiger partial charge on any atom is 0.374 e. The second-order valence-electron chi connectivity index (χ2n) is 4.25. The minimum Gasteiger partial charge on any atom is -0.480 e. The van der Waals surface area contributed by atoms with Gasteiger partial charge in [0.15, 0.2) is 5.78 Å². The average molecular weight is 196 g/mol. The molecular weight excluding hydrogens is 184 g/mol. The molecule has 0 amide bonds. The highest BCUT2D eigenvalue weighted by Gasteiger charge is 2.45. The van der Waals surface area contributed by atoms with Crippen LogP contribution in [0.1, 0.15) is 27.2 Å². The molecule has 1 atom stereocenters. The summed E-state index contributed by atoms with van der Waals surface area (Å²) in [7, 11) is 0. The second kappa shape index (κ2) is 2.59. The van der Waals surface area contributed by atoms with Gasteiger partial charge in [-0.05, 0) is 20.8 Å². The molecule has 0 aliphatic carbocycles. The number of esters is 1. The molecule has 2 aliphatic rings. The summed E-state index contributed by atoms with van der Waals surface area (Å²) in [5.74, 6) is -0.457. The molecular formula is C10H12O4. The molecule has 2 aliphatic heterocycles. The van der Waals surface area contributed by atoms with E-state index in [1.54, 1.807) is 20.8 Å². The van der Waals surface area contributed by atoms with Crippen molar-refractivity contribution in [1.82, 2.24) is 0 Å². The summed E-state index contributed by atoms with van der Waals surface area (Å²) in [5, 5.41) is 0. The molecule has 0 saturated heterocycles. The van der Waals surface area contributed by atoms with Crippen LogP contribution in [0.3, 0.4) is 0 Å². The molecule has 4 heteroatoms. The molecule has 14 heavy (non-hydrogen) atoms. The van der Waals surface area contributed by atoms with E-state index in [2.05, 4.69) is 0 Å². The summed E-state index contributed by atoms with van der Waals surface area (Å²) in [5.41, 5.74) is -0.201. The number of ether oxygens (including phenoxy) is 2. The molecule has 0 aromatic heterocycles. The van der Waals surface area contributed by atoms with Gasteiger partial charge in [0, 0.05) is 0 Å². The van der Waals surface area contributed by atoms with E-state index in [0.717, 1.165) is 0 Å². The normalized spacial score (nSPS) is 29.8. The van der Waals surface area contributed by atoms with Crippen molar-refractivity contribution in [2.75, 3.05) is 0 Å². The fraction of sp³-hybridized carbons (Fsp3) is 0.600. The predicted molar refractivity (Wildman–Crippen MR) is 47.4 cm³/mol. The Hall–Kier alpha value is -1.32. The molecule has 0 aromatic rings. The first-order chi connectivity index (χ1) is 6.41. The van der Waals surface area contributed by atoms with Crippen LogP contribution in [0.25, 0.3) is 0 Å². The van der Waals surface area contributed by atoms with E-state index in [-0.39, 0.29) is 11.5 Å². The smallest absolute Gasteiger partial charge is 0.374 e. The van der Waals surface area contributed by atoms with Crippen LogP contribution in [0, 0.1) is 0 Å². The van der Waals surface area contributed by atoms with Crippen LogP contribution in [-0.2, 0) is 19.1 Å². The Morgan fingerprint density at radius 3 is 2.64 bits per heavy atom. The van der Waals surface area contributed by atoms with Gasteiger partial charge in [-0.1, -0.05) is 0 Å². The van der Waals surface area contributed by atoms with Gasteiger partial charge in [-0.15, -0.1) is 0 Å². The summed E-state index contributed by atoms with van der Waals surface area (Å²) in [6.45, 7) is 5.25. The van der Waals surface area contributed by atoms with E-state index in [1.165, 1.54) is 0 Å². The molecule has 2 heterocycles. The van der Waals surface area contributed by atoms with Gasteiger partial charge in [0.1, 0.15) is 11.7 Å². The standard InChI is InChI=1S/C10H12O4/c1-5-7-6(11)4-10(2,3)14-8(7)9(12)13-5/h5H,4H2,1-3H3. The molecule has 0 bridgehead atoms. The summed E-state index contributed by atoms with van der Waals surface area (Å²) in [6, 6.07) is 0. The monoisotopic (exact) mass is 196 g/mol. The average Bonchev–Trinajstić information content (AvgIpc) is 2.24. The minimum absolute atomic E-state index is 0.0467. The van der Waals surface area contributed by atoms with Crippen molar-refractivity contribution < 1.29 is 19.1 Å². The summed E-state index contributed by atoms with van der Waals surface area (Å²) in [6.07, 6.45) is -0.159. The third-order valence-electron chi connectivity index (χ3n) is 2.39. The molecule has 0 fully saturated rings. The largest absolute Gasteiger partial charge is 0.480 e.